The third-order valence-corrected chi connectivity index (χ3v) is 17.3. The van der Waals surface area contributed by atoms with Crippen molar-refractivity contribution >= 4 is 58.5 Å². The van der Waals surface area contributed by atoms with Gasteiger partial charge in [-0.15, -0.1) is 0 Å². The lowest BCUT2D eigenvalue weighted by atomic mass is 9.82. The molecule has 55 heavy (non-hydrogen) atoms. The second kappa shape index (κ2) is 14.5. The van der Waals surface area contributed by atoms with Crippen molar-refractivity contribution in [3.05, 3.63) is 118 Å². The van der Waals surface area contributed by atoms with Crippen LogP contribution in [-0.4, -0.2) is 75.0 Å². The van der Waals surface area contributed by atoms with Crippen molar-refractivity contribution in [2.75, 3.05) is 36.7 Å². The van der Waals surface area contributed by atoms with Crippen molar-refractivity contribution in [2.24, 2.45) is 5.92 Å². The van der Waals surface area contributed by atoms with E-state index < -0.39 is 19.8 Å². The van der Waals surface area contributed by atoms with Gasteiger partial charge in [0.25, 0.3) is 5.91 Å². The highest BCUT2D eigenvalue weighted by molar-refractivity contribution is 9.10. The van der Waals surface area contributed by atoms with Crippen LogP contribution in [0.2, 0.25) is 18.6 Å². The number of carbonyl (C=O) groups is 3. The van der Waals surface area contributed by atoms with Crippen molar-refractivity contribution in [1.82, 2.24) is 4.90 Å². The molecule has 0 saturated carbocycles. The molecular weight excluding hydrogens is 778 g/mol. The van der Waals surface area contributed by atoms with Gasteiger partial charge in [0.1, 0.15) is 12.4 Å². The zero-order valence-corrected chi connectivity index (χ0v) is 34.1. The molecule has 0 aromatic heterocycles. The van der Waals surface area contributed by atoms with Crippen molar-refractivity contribution in [1.29, 1.82) is 0 Å². The fourth-order valence-electron chi connectivity index (χ4n) is 9.57. The van der Waals surface area contributed by atoms with Gasteiger partial charge >= 0.3 is 6.09 Å². The van der Waals surface area contributed by atoms with Gasteiger partial charge in [-0.25, -0.2) is 4.79 Å². The smallest absolute Gasteiger partial charge is 0.414 e. The number of aliphatic hydroxyl groups is 1. The third-order valence-electron chi connectivity index (χ3n) is 12.4. The Morgan fingerprint density at radius 2 is 1.73 bits per heavy atom. The number of hydrogen-bond donors (Lipinski definition) is 1. The Hall–Kier alpha value is -4.49. The molecule has 0 aliphatic carbocycles. The molecule has 8 rings (SSSR count). The van der Waals surface area contributed by atoms with E-state index in [0.29, 0.717) is 32.7 Å². The predicted molar refractivity (Wildman–Crippen MR) is 216 cm³/mol. The zero-order valence-electron chi connectivity index (χ0n) is 31.5. The van der Waals surface area contributed by atoms with Gasteiger partial charge in [0, 0.05) is 28.2 Å². The van der Waals surface area contributed by atoms with E-state index in [-0.39, 0.29) is 48.4 Å². The number of nitrogens with zero attached hydrogens (tertiary/aromatic N) is 3. The summed E-state index contributed by atoms with van der Waals surface area (Å²) < 4.78 is 18.7. The monoisotopic (exact) mass is 823 g/mol. The summed E-state index contributed by atoms with van der Waals surface area (Å²) in [6.07, 6.45) is -0.272. The summed E-state index contributed by atoms with van der Waals surface area (Å²) in [7, 11) is -0.860. The lowest BCUT2D eigenvalue weighted by molar-refractivity contribution is -0.151. The average molecular weight is 825 g/mol. The number of hydrogen-bond acceptors (Lipinski definition) is 7. The average Bonchev–Trinajstić information content (AvgIpc) is 3.82. The van der Waals surface area contributed by atoms with E-state index in [1.165, 1.54) is 5.19 Å². The third kappa shape index (κ3) is 6.36. The van der Waals surface area contributed by atoms with Crippen molar-refractivity contribution in [2.45, 2.75) is 69.2 Å². The first-order chi connectivity index (χ1) is 26.5. The lowest BCUT2D eigenvalue weighted by Gasteiger charge is -2.39. The molecule has 0 unspecified atom stereocenters. The molecule has 4 aliphatic heterocycles. The number of methoxy groups -OCH3 is 1. The molecule has 1 spiro atoms. The van der Waals surface area contributed by atoms with Crippen LogP contribution in [0.1, 0.15) is 35.6 Å². The SMILES string of the molecule is COc1ccc([Si](C)(C)[C@@H]2[C@@H](CC(=O)N3Cc4ccccc4C[C@H]3CO)O[C@]3(C(=O)N(Cc4ccc(N5CCOC5=O)cc4)c4ccc(Br)cc43)[C@H]2C)cc1. The van der Waals surface area contributed by atoms with Crippen LogP contribution in [0, 0.1) is 5.92 Å². The molecule has 4 heterocycles. The molecule has 2 fully saturated rings. The number of benzene rings is 4. The van der Waals surface area contributed by atoms with Gasteiger partial charge in [0.2, 0.25) is 5.91 Å². The minimum absolute atomic E-state index is 0.0824. The maximum Gasteiger partial charge on any atom is 0.414 e. The summed E-state index contributed by atoms with van der Waals surface area (Å²) in [5.41, 5.74) is 3.96. The Morgan fingerprint density at radius 3 is 2.40 bits per heavy atom. The lowest BCUT2D eigenvalue weighted by Crippen LogP contribution is -2.52. The number of rotatable bonds is 9. The van der Waals surface area contributed by atoms with E-state index in [4.69, 9.17) is 14.2 Å². The number of aliphatic hydroxyl groups excluding tert-OH is 1. The van der Waals surface area contributed by atoms with E-state index in [1.54, 1.807) is 16.9 Å². The van der Waals surface area contributed by atoms with Gasteiger partial charge in [-0.2, -0.15) is 0 Å². The Morgan fingerprint density at radius 1 is 1.00 bits per heavy atom. The van der Waals surface area contributed by atoms with Crippen LogP contribution in [0.4, 0.5) is 16.2 Å². The molecule has 0 bridgehead atoms. The number of amides is 3. The maximum absolute atomic E-state index is 15.3. The summed E-state index contributed by atoms with van der Waals surface area (Å²) >= 11 is 3.69. The number of carbonyl (C=O) groups excluding carboxylic acids is 3. The van der Waals surface area contributed by atoms with Gasteiger partial charge in [0.05, 0.1) is 59.1 Å². The number of anilines is 2. The number of fused-ring (bicyclic) bond motifs is 3. The fraction of sp³-hybridized carbons (Fsp3) is 0.372. The Kier molecular flexibility index (Phi) is 9.90. The highest BCUT2D eigenvalue weighted by Crippen LogP contribution is 2.60. The largest absolute Gasteiger partial charge is 0.497 e. The molecule has 286 valence electrons. The van der Waals surface area contributed by atoms with Crippen molar-refractivity contribution in [3.63, 3.8) is 0 Å². The van der Waals surface area contributed by atoms with E-state index in [2.05, 4.69) is 54.1 Å². The Balaban J connectivity index is 1.16. The molecular formula is C43H46BrN3O7Si. The first-order valence-electron chi connectivity index (χ1n) is 18.9. The van der Waals surface area contributed by atoms with Crippen LogP contribution in [0.15, 0.2) is 95.5 Å². The van der Waals surface area contributed by atoms with Gasteiger partial charge in [-0.3, -0.25) is 14.5 Å². The van der Waals surface area contributed by atoms with E-state index in [1.807, 2.05) is 77.7 Å². The molecule has 3 amide bonds. The van der Waals surface area contributed by atoms with Crippen LogP contribution < -0.4 is 19.7 Å². The van der Waals surface area contributed by atoms with Crippen molar-refractivity contribution < 1.29 is 33.7 Å². The molecule has 4 aromatic carbocycles. The number of cyclic esters (lactones) is 1. The summed E-state index contributed by atoms with van der Waals surface area (Å²) in [4.78, 5) is 47.3. The summed E-state index contributed by atoms with van der Waals surface area (Å²) in [5, 5.41) is 11.7. The Bertz CT molecular complexity index is 2130. The van der Waals surface area contributed by atoms with Crippen LogP contribution in [-0.2, 0) is 44.2 Å². The molecule has 10 nitrogen and oxygen atoms in total. The van der Waals surface area contributed by atoms with Crippen molar-refractivity contribution in [3.8, 4) is 5.75 Å². The summed E-state index contributed by atoms with van der Waals surface area (Å²) in [5.74, 6) is 0.228. The van der Waals surface area contributed by atoms with Crippen LogP contribution in [0.25, 0.3) is 0 Å². The topological polar surface area (TPSA) is 109 Å². The first-order valence-corrected chi connectivity index (χ1v) is 22.8. The second-order valence-corrected chi connectivity index (χ2v) is 21.3. The minimum atomic E-state index is -2.51. The van der Waals surface area contributed by atoms with Crippen LogP contribution in [0.5, 0.6) is 5.75 Å². The summed E-state index contributed by atoms with van der Waals surface area (Å²) in [6.45, 7) is 8.16. The summed E-state index contributed by atoms with van der Waals surface area (Å²) in [6, 6.07) is 29.5. The van der Waals surface area contributed by atoms with E-state index in [0.717, 1.165) is 43.9 Å². The molecule has 1 N–H and O–H groups in total. The highest BCUT2D eigenvalue weighted by atomic mass is 79.9. The predicted octanol–water partition coefficient (Wildman–Crippen LogP) is 6.51. The molecule has 4 aromatic rings. The first kappa shape index (κ1) is 37.4. The molecule has 4 aliphatic rings. The molecule has 2 saturated heterocycles. The van der Waals surface area contributed by atoms with Gasteiger partial charge in [-0.1, -0.05) is 89.7 Å². The highest BCUT2D eigenvalue weighted by Gasteiger charge is 2.66. The van der Waals surface area contributed by atoms with Gasteiger partial charge in [0.15, 0.2) is 5.60 Å². The standard InChI is InChI=1S/C43H46BrN3O7Si/c1-27-40(55(3,4)35-16-14-34(52-2)15-17-35)38(23-39(49)46-25-30-8-6-5-7-29(30)21-33(46)26-48)54-43(27)36-22-31(44)11-18-37(36)47(41(43)50)24-28-9-12-32(13-10-28)45-19-20-53-42(45)51/h5-18,22,27,33,38,40,48H,19-21,23-26H2,1-4H3/t27-,33-,38+,40-,43+/m0/s1. The van der Waals surface area contributed by atoms with E-state index >= 15 is 4.79 Å². The Labute approximate surface area is 331 Å². The molecule has 5 atom stereocenters. The minimum Gasteiger partial charge on any atom is -0.497 e. The van der Waals surface area contributed by atoms with Crippen LogP contribution in [0.3, 0.4) is 0 Å². The number of ether oxygens (including phenoxy) is 3. The van der Waals surface area contributed by atoms with E-state index in [9.17, 15) is 14.7 Å². The zero-order chi connectivity index (χ0) is 38.6. The molecule has 0 radical (unpaired) electrons. The normalized spacial score (nSPS) is 24.7. The number of halogens is 1. The van der Waals surface area contributed by atoms with Gasteiger partial charge < -0.3 is 29.1 Å². The quantitative estimate of drug-likeness (QED) is 0.192. The van der Waals surface area contributed by atoms with Crippen LogP contribution >= 0.6 is 15.9 Å². The fourth-order valence-corrected chi connectivity index (χ4v) is 13.9. The molecule has 12 heteroatoms. The van der Waals surface area contributed by atoms with Gasteiger partial charge in [-0.05, 0) is 71.1 Å². The maximum atomic E-state index is 15.3. The second-order valence-electron chi connectivity index (χ2n) is 15.7.